The molecule has 0 unspecified atom stereocenters. The lowest BCUT2D eigenvalue weighted by Crippen LogP contribution is -1.96. The lowest BCUT2D eigenvalue weighted by molar-refractivity contribution is 0.575. The number of hydrogen-bond donors (Lipinski definition) is 0. The SMILES string of the molecule is N#Cc1cc(F)c(S(=O)(=O)Cl)cc1Cl. The van der Waals surface area contributed by atoms with Crippen molar-refractivity contribution in [2.75, 3.05) is 0 Å². The average Bonchev–Trinajstić information content (AvgIpc) is 2.06. The van der Waals surface area contributed by atoms with Crippen LogP contribution in [0.15, 0.2) is 17.0 Å². The van der Waals surface area contributed by atoms with E-state index in [9.17, 15) is 12.8 Å². The van der Waals surface area contributed by atoms with Gasteiger partial charge in [0.1, 0.15) is 16.8 Å². The molecule has 0 atom stereocenters. The summed E-state index contributed by atoms with van der Waals surface area (Å²) in [5.74, 6) is -1.10. The van der Waals surface area contributed by atoms with Crippen LogP contribution in [0.25, 0.3) is 0 Å². The molecular weight excluding hydrogens is 252 g/mol. The Balaban J connectivity index is 3.54. The molecule has 0 aliphatic carbocycles. The molecule has 0 aliphatic heterocycles. The second-order valence-corrected chi connectivity index (χ2v) is 5.25. The molecule has 0 fully saturated rings. The lowest BCUT2D eigenvalue weighted by Gasteiger charge is -2.00. The van der Waals surface area contributed by atoms with Gasteiger partial charge in [0, 0.05) is 10.7 Å². The third-order valence-electron chi connectivity index (χ3n) is 1.40. The molecule has 1 aromatic rings. The van der Waals surface area contributed by atoms with Gasteiger partial charge in [0.15, 0.2) is 0 Å². The first-order valence-corrected chi connectivity index (χ1v) is 5.89. The van der Waals surface area contributed by atoms with Crippen molar-refractivity contribution in [1.29, 1.82) is 5.26 Å². The van der Waals surface area contributed by atoms with Crippen LogP contribution in [0.4, 0.5) is 4.39 Å². The summed E-state index contributed by atoms with van der Waals surface area (Å²) in [7, 11) is 0.744. The predicted octanol–water partition coefficient (Wildman–Crippen LogP) is 2.28. The summed E-state index contributed by atoms with van der Waals surface area (Å²) in [5, 5.41) is 8.29. The van der Waals surface area contributed by atoms with Crippen LogP contribution in [-0.4, -0.2) is 8.42 Å². The van der Waals surface area contributed by atoms with Gasteiger partial charge in [-0.15, -0.1) is 0 Å². The fraction of sp³-hybridized carbons (Fsp3) is 0. The van der Waals surface area contributed by atoms with E-state index in [2.05, 4.69) is 0 Å². The van der Waals surface area contributed by atoms with Crippen molar-refractivity contribution in [2.45, 2.75) is 4.90 Å². The van der Waals surface area contributed by atoms with Crippen LogP contribution in [0.5, 0.6) is 0 Å². The third-order valence-corrected chi connectivity index (χ3v) is 3.05. The maximum absolute atomic E-state index is 13.0. The largest absolute Gasteiger partial charge is 0.264 e. The van der Waals surface area contributed by atoms with Crippen molar-refractivity contribution in [3.63, 3.8) is 0 Å². The van der Waals surface area contributed by atoms with Gasteiger partial charge in [-0.1, -0.05) is 11.6 Å². The molecule has 14 heavy (non-hydrogen) atoms. The summed E-state index contributed by atoms with van der Waals surface area (Å²) in [6, 6.07) is 3.13. The van der Waals surface area contributed by atoms with E-state index in [1.165, 1.54) is 0 Å². The van der Waals surface area contributed by atoms with Crippen molar-refractivity contribution >= 4 is 31.3 Å². The molecule has 3 nitrogen and oxygen atoms in total. The van der Waals surface area contributed by atoms with Gasteiger partial charge in [-0.05, 0) is 12.1 Å². The zero-order valence-electron chi connectivity index (χ0n) is 6.46. The standard InChI is InChI=1S/C7H2Cl2FNO2S/c8-5-2-7(14(9,12)13)6(10)1-4(5)3-11/h1-2H. The zero-order chi connectivity index (χ0) is 10.9. The third kappa shape index (κ3) is 2.15. The molecule has 0 radical (unpaired) electrons. The normalized spacial score (nSPS) is 11.0. The Kier molecular flexibility index (Phi) is 3.00. The Labute approximate surface area is 89.1 Å². The van der Waals surface area contributed by atoms with Crippen molar-refractivity contribution in [1.82, 2.24) is 0 Å². The fourth-order valence-corrected chi connectivity index (χ4v) is 1.98. The van der Waals surface area contributed by atoms with E-state index in [0.29, 0.717) is 0 Å². The van der Waals surface area contributed by atoms with Crippen LogP contribution >= 0.6 is 22.3 Å². The van der Waals surface area contributed by atoms with E-state index < -0.39 is 19.8 Å². The minimum Gasteiger partial charge on any atom is -0.207 e. The zero-order valence-corrected chi connectivity index (χ0v) is 8.79. The monoisotopic (exact) mass is 253 g/mol. The molecule has 0 aliphatic rings. The number of halogens is 3. The Morgan fingerprint density at radius 2 is 2.00 bits per heavy atom. The molecule has 0 saturated carbocycles. The van der Waals surface area contributed by atoms with Crippen LogP contribution in [0.3, 0.4) is 0 Å². The van der Waals surface area contributed by atoms with Gasteiger partial charge in [-0.3, -0.25) is 0 Å². The second kappa shape index (κ2) is 3.73. The van der Waals surface area contributed by atoms with Gasteiger partial charge in [0.25, 0.3) is 9.05 Å². The minimum absolute atomic E-state index is 0.145. The highest BCUT2D eigenvalue weighted by Crippen LogP contribution is 2.25. The number of nitriles is 1. The van der Waals surface area contributed by atoms with Crippen LogP contribution in [0.1, 0.15) is 5.56 Å². The Hall–Kier alpha value is -0.830. The highest BCUT2D eigenvalue weighted by molar-refractivity contribution is 8.13. The topological polar surface area (TPSA) is 57.9 Å². The molecule has 0 heterocycles. The first kappa shape index (κ1) is 11.2. The Morgan fingerprint density at radius 3 is 2.43 bits per heavy atom. The van der Waals surface area contributed by atoms with Crippen LogP contribution < -0.4 is 0 Å². The maximum atomic E-state index is 13.0. The van der Waals surface area contributed by atoms with Crippen LogP contribution in [-0.2, 0) is 9.05 Å². The Bertz CT molecular complexity index is 521. The van der Waals surface area contributed by atoms with Gasteiger partial charge in [-0.2, -0.15) is 5.26 Å². The molecule has 0 amide bonds. The quantitative estimate of drug-likeness (QED) is 0.722. The number of nitrogens with zero attached hydrogens (tertiary/aromatic N) is 1. The van der Waals surface area contributed by atoms with Gasteiger partial charge in [0.05, 0.1) is 10.6 Å². The summed E-state index contributed by atoms with van der Waals surface area (Å²) in [4.78, 5) is -0.733. The number of rotatable bonds is 1. The number of benzene rings is 1. The van der Waals surface area contributed by atoms with Gasteiger partial charge in [0.2, 0.25) is 0 Å². The van der Waals surface area contributed by atoms with E-state index in [-0.39, 0.29) is 10.6 Å². The Morgan fingerprint density at radius 1 is 1.43 bits per heavy atom. The molecule has 1 rings (SSSR count). The lowest BCUT2D eigenvalue weighted by atomic mass is 10.2. The van der Waals surface area contributed by atoms with Crippen molar-refractivity contribution in [2.24, 2.45) is 0 Å². The smallest absolute Gasteiger partial charge is 0.207 e. The summed E-state index contributed by atoms with van der Waals surface area (Å²) < 4.78 is 34.6. The summed E-state index contributed by atoms with van der Waals surface area (Å²) in [6.45, 7) is 0. The minimum atomic E-state index is -4.18. The highest BCUT2D eigenvalue weighted by atomic mass is 35.7. The molecule has 0 bridgehead atoms. The fourth-order valence-electron chi connectivity index (χ4n) is 0.801. The highest BCUT2D eigenvalue weighted by Gasteiger charge is 2.18. The van der Waals surface area contributed by atoms with Gasteiger partial charge < -0.3 is 0 Å². The molecule has 0 saturated heterocycles. The second-order valence-electron chi connectivity index (χ2n) is 2.31. The van der Waals surface area contributed by atoms with E-state index >= 15 is 0 Å². The molecule has 0 aromatic heterocycles. The molecule has 0 spiro atoms. The first-order chi connectivity index (χ1) is 6.36. The molecular formula is C7H2Cl2FNO2S. The first-order valence-electron chi connectivity index (χ1n) is 3.20. The maximum Gasteiger partial charge on any atom is 0.264 e. The molecule has 7 heteroatoms. The summed E-state index contributed by atoms with van der Waals surface area (Å²) >= 11 is 5.50. The molecule has 1 aromatic carbocycles. The summed E-state index contributed by atoms with van der Waals surface area (Å²) in [5.41, 5.74) is -0.145. The van der Waals surface area contributed by atoms with E-state index in [1.54, 1.807) is 6.07 Å². The van der Waals surface area contributed by atoms with E-state index in [1.807, 2.05) is 0 Å². The average molecular weight is 254 g/mol. The number of hydrogen-bond acceptors (Lipinski definition) is 3. The predicted molar refractivity (Wildman–Crippen MR) is 49.2 cm³/mol. The van der Waals surface area contributed by atoms with Crippen molar-refractivity contribution in [3.8, 4) is 6.07 Å². The van der Waals surface area contributed by atoms with Crippen molar-refractivity contribution < 1.29 is 12.8 Å². The summed E-state index contributed by atoms with van der Waals surface area (Å²) in [6.07, 6.45) is 0. The van der Waals surface area contributed by atoms with Crippen LogP contribution in [0, 0.1) is 17.1 Å². The van der Waals surface area contributed by atoms with E-state index in [4.69, 9.17) is 27.5 Å². The van der Waals surface area contributed by atoms with Crippen molar-refractivity contribution in [3.05, 3.63) is 28.5 Å². The molecule has 0 N–H and O–H groups in total. The van der Waals surface area contributed by atoms with Gasteiger partial charge in [-0.25, -0.2) is 12.8 Å². The molecule has 74 valence electrons. The van der Waals surface area contributed by atoms with Gasteiger partial charge >= 0.3 is 0 Å². The van der Waals surface area contributed by atoms with E-state index in [0.717, 1.165) is 12.1 Å². The van der Waals surface area contributed by atoms with Crippen LogP contribution in [0.2, 0.25) is 5.02 Å².